The zero-order valence-corrected chi connectivity index (χ0v) is 9.45. The molecule has 0 aromatic carbocycles. The summed E-state index contributed by atoms with van der Waals surface area (Å²) in [5.41, 5.74) is -1.39. The van der Waals surface area contributed by atoms with Crippen molar-refractivity contribution in [3.8, 4) is 0 Å². The number of Topliss-reactive ketones (excluding diaryl/α,β-unsaturated/α-hetero) is 2. The summed E-state index contributed by atoms with van der Waals surface area (Å²) in [5, 5.41) is 9.58. The van der Waals surface area contributed by atoms with Gasteiger partial charge < -0.3 is 5.11 Å². The molecule has 3 nitrogen and oxygen atoms in total. The lowest BCUT2D eigenvalue weighted by Crippen LogP contribution is -2.47. The van der Waals surface area contributed by atoms with Crippen molar-refractivity contribution < 1.29 is 14.7 Å². The van der Waals surface area contributed by atoms with Crippen molar-refractivity contribution in [2.45, 2.75) is 32.6 Å². The molecule has 0 radical (unpaired) electrons. The molecule has 86 valence electrons. The molecule has 1 N–H and O–H groups in total. The van der Waals surface area contributed by atoms with Gasteiger partial charge in [-0.25, -0.2) is 0 Å². The van der Waals surface area contributed by atoms with Crippen LogP contribution in [-0.2, 0) is 9.59 Å². The second-order valence-corrected chi connectivity index (χ2v) is 4.95. The molecule has 0 saturated heterocycles. The summed E-state index contributed by atoms with van der Waals surface area (Å²) in [7, 11) is 0. The fourth-order valence-corrected chi connectivity index (χ4v) is 3.12. The quantitative estimate of drug-likeness (QED) is 0.727. The van der Waals surface area contributed by atoms with Crippen molar-refractivity contribution in [2.75, 3.05) is 0 Å². The van der Waals surface area contributed by atoms with Gasteiger partial charge in [-0.05, 0) is 25.3 Å². The maximum Gasteiger partial charge on any atom is 0.204 e. The van der Waals surface area contributed by atoms with E-state index in [-0.39, 0.29) is 17.3 Å². The molecule has 3 heteroatoms. The topological polar surface area (TPSA) is 54.4 Å². The average Bonchev–Trinajstić information content (AvgIpc) is 2.51. The predicted octanol–water partition coefficient (Wildman–Crippen LogP) is 2.33. The van der Waals surface area contributed by atoms with Gasteiger partial charge in [-0.15, -0.1) is 6.58 Å². The predicted molar refractivity (Wildman–Crippen MR) is 59.9 cm³/mol. The Kier molecular flexibility index (Phi) is 2.30. The summed E-state index contributed by atoms with van der Waals surface area (Å²) in [6, 6.07) is 0. The molecule has 16 heavy (non-hydrogen) atoms. The van der Waals surface area contributed by atoms with Crippen LogP contribution >= 0.6 is 0 Å². The lowest BCUT2D eigenvalue weighted by molar-refractivity contribution is -0.142. The Hall–Kier alpha value is -1.38. The van der Waals surface area contributed by atoms with E-state index in [0.717, 1.165) is 0 Å². The fourth-order valence-electron chi connectivity index (χ4n) is 3.12. The van der Waals surface area contributed by atoms with Gasteiger partial charge in [0.15, 0.2) is 5.76 Å². The first-order chi connectivity index (χ1) is 7.48. The van der Waals surface area contributed by atoms with Crippen molar-refractivity contribution in [1.82, 2.24) is 0 Å². The molecule has 0 aromatic rings. The van der Waals surface area contributed by atoms with Crippen LogP contribution in [0.4, 0.5) is 0 Å². The molecule has 0 amide bonds. The number of hydrogen-bond donors (Lipinski definition) is 1. The molecule has 0 unspecified atom stereocenters. The number of carbonyl (C=O) groups excluding carboxylic acids is 2. The highest BCUT2D eigenvalue weighted by atomic mass is 16.3. The number of rotatable bonds is 2. The molecular formula is C13H16O3. The SMILES string of the molecule is C=CC[C@@]12CCC(=O)[C@@]1(C)CC=C(O)C2=O. The lowest BCUT2D eigenvalue weighted by atomic mass is 9.58. The third kappa shape index (κ3) is 1.09. The molecule has 1 saturated carbocycles. The second-order valence-electron chi connectivity index (χ2n) is 4.95. The van der Waals surface area contributed by atoms with E-state index in [2.05, 4.69) is 6.58 Å². The fraction of sp³-hybridized carbons (Fsp3) is 0.538. The molecule has 1 fully saturated rings. The van der Waals surface area contributed by atoms with Gasteiger partial charge in [-0.1, -0.05) is 13.0 Å². The number of aliphatic hydroxyl groups excluding tert-OH is 1. The molecule has 0 heterocycles. The number of ketones is 2. The molecular weight excluding hydrogens is 204 g/mol. The smallest absolute Gasteiger partial charge is 0.204 e. The van der Waals surface area contributed by atoms with E-state index in [4.69, 9.17) is 0 Å². The van der Waals surface area contributed by atoms with Crippen LogP contribution in [0.15, 0.2) is 24.5 Å². The van der Waals surface area contributed by atoms with Gasteiger partial charge in [-0.2, -0.15) is 0 Å². The van der Waals surface area contributed by atoms with E-state index in [0.29, 0.717) is 25.7 Å². The number of allylic oxidation sites excluding steroid dienone is 3. The second kappa shape index (κ2) is 3.30. The summed E-state index contributed by atoms with van der Waals surface area (Å²) in [4.78, 5) is 24.1. The molecule has 2 aliphatic rings. The highest BCUT2D eigenvalue weighted by Gasteiger charge is 2.62. The molecule has 0 bridgehead atoms. The first-order valence-electron chi connectivity index (χ1n) is 5.56. The number of carbonyl (C=O) groups is 2. The van der Waals surface area contributed by atoms with Crippen molar-refractivity contribution >= 4 is 11.6 Å². The third-order valence-electron chi connectivity index (χ3n) is 4.31. The summed E-state index contributed by atoms with van der Waals surface area (Å²) in [6.07, 6.45) is 5.03. The summed E-state index contributed by atoms with van der Waals surface area (Å²) >= 11 is 0. The maximum absolute atomic E-state index is 12.2. The van der Waals surface area contributed by atoms with Gasteiger partial charge in [0, 0.05) is 11.8 Å². The Balaban J connectivity index is 2.57. The number of hydrogen-bond acceptors (Lipinski definition) is 3. The van der Waals surface area contributed by atoms with E-state index < -0.39 is 10.8 Å². The van der Waals surface area contributed by atoms with E-state index in [1.807, 2.05) is 6.92 Å². The van der Waals surface area contributed by atoms with Crippen LogP contribution < -0.4 is 0 Å². The zero-order valence-electron chi connectivity index (χ0n) is 9.45. The van der Waals surface area contributed by atoms with E-state index in [1.54, 1.807) is 6.08 Å². The van der Waals surface area contributed by atoms with Gasteiger partial charge in [0.25, 0.3) is 0 Å². The highest BCUT2D eigenvalue weighted by molar-refractivity contribution is 6.06. The van der Waals surface area contributed by atoms with E-state index >= 15 is 0 Å². The minimum Gasteiger partial charge on any atom is -0.505 e. The van der Waals surface area contributed by atoms with Crippen LogP contribution in [0.5, 0.6) is 0 Å². The average molecular weight is 220 g/mol. The van der Waals surface area contributed by atoms with Crippen molar-refractivity contribution in [3.05, 3.63) is 24.5 Å². The molecule has 0 aromatic heterocycles. The number of fused-ring (bicyclic) bond motifs is 1. The monoisotopic (exact) mass is 220 g/mol. The first kappa shape index (κ1) is 11.1. The van der Waals surface area contributed by atoms with Crippen LogP contribution in [0.1, 0.15) is 32.6 Å². The largest absolute Gasteiger partial charge is 0.505 e. The Morgan fingerprint density at radius 3 is 2.88 bits per heavy atom. The van der Waals surface area contributed by atoms with Gasteiger partial charge in [0.05, 0.1) is 5.41 Å². The van der Waals surface area contributed by atoms with Gasteiger partial charge >= 0.3 is 0 Å². The number of aliphatic hydroxyl groups is 1. The van der Waals surface area contributed by atoms with Gasteiger partial charge in [-0.3, -0.25) is 9.59 Å². The molecule has 0 spiro atoms. The molecule has 2 aliphatic carbocycles. The molecule has 2 atom stereocenters. The summed E-state index contributed by atoms with van der Waals surface area (Å²) in [6.45, 7) is 5.50. The molecule has 2 rings (SSSR count). The highest BCUT2D eigenvalue weighted by Crippen LogP contribution is 2.58. The Bertz CT molecular complexity index is 407. The van der Waals surface area contributed by atoms with E-state index in [9.17, 15) is 14.7 Å². The standard InChI is InChI=1S/C13H16O3/c1-3-6-13-8-5-10(15)12(13,2)7-4-9(14)11(13)16/h3-4,14H,1,5-8H2,2H3/t12-,13+/m1/s1. The normalized spacial score (nSPS) is 38.2. The Morgan fingerprint density at radius 2 is 2.25 bits per heavy atom. The minimum atomic E-state index is -0.745. The van der Waals surface area contributed by atoms with Crippen LogP contribution in [0.3, 0.4) is 0 Å². The van der Waals surface area contributed by atoms with Crippen molar-refractivity contribution in [2.24, 2.45) is 10.8 Å². The summed E-state index contributed by atoms with van der Waals surface area (Å²) < 4.78 is 0. The minimum absolute atomic E-state index is 0.131. The van der Waals surface area contributed by atoms with E-state index in [1.165, 1.54) is 6.08 Å². The lowest BCUT2D eigenvalue weighted by Gasteiger charge is -2.42. The van der Waals surface area contributed by atoms with Crippen LogP contribution in [0, 0.1) is 10.8 Å². The van der Waals surface area contributed by atoms with Crippen LogP contribution in [0.25, 0.3) is 0 Å². The van der Waals surface area contributed by atoms with Crippen molar-refractivity contribution in [3.63, 3.8) is 0 Å². The Labute approximate surface area is 94.8 Å². The maximum atomic E-state index is 12.2. The first-order valence-corrected chi connectivity index (χ1v) is 5.56. The van der Waals surface area contributed by atoms with Gasteiger partial charge in [0.2, 0.25) is 5.78 Å². The zero-order chi connectivity index (χ0) is 12.0. The summed E-state index contributed by atoms with van der Waals surface area (Å²) in [5.74, 6) is -0.340. The Morgan fingerprint density at radius 1 is 1.56 bits per heavy atom. The van der Waals surface area contributed by atoms with Gasteiger partial charge in [0.1, 0.15) is 5.78 Å². The molecule has 0 aliphatic heterocycles. The third-order valence-corrected chi connectivity index (χ3v) is 4.31. The van der Waals surface area contributed by atoms with Crippen molar-refractivity contribution in [1.29, 1.82) is 0 Å². The van der Waals surface area contributed by atoms with Crippen LogP contribution in [0.2, 0.25) is 0 Å². The van der Waals surface area contributed by atoms with Crippen LogP contribution in [-0.4, -0.2) is 16.7 Å².